The first-order valence-corrected chi connectivity index (χ1v) is 7.70. The molecule has 1 aliphatic heterocycles. The Balaban J connectivity index is 1.69. The van der Waals surface area contributed by atoms with Crippen molar-refractivity contribution in [3.05, 3.63) is 30.1 Å². The van der Waals surface area contributed by atoms with E-state index in [1.54, 1.807) is 0 Å². The van der Waals surface area contributed by atoms with Gasteiger partial charge < -0.3 is 10.2 Å². The van der Waals surface area contributed by atoms with Crippen molar-refractivity contribution in [1.82, 2.24) is 15.2 Å². The van der Waals surface area contributed by atoms with E-state index in [-0.39, 0.29) is 0 Å². The Kier molecular flexibility index (Phi) is 6.31. The number of hydrogen-bond acceptors (Lipinski definition) is 3. The molecule has 1 aliphatic rings. The molecule has 0 amide bonds. The fourth-order valence-electron chi connectivity index (χ4n) is 2.84. The van der Waals surface area contributed by atoms with Gasteiger partial charge in [-0.05, 0) is 62.9 Å². The summed E-state index contributed by atoms with van der Waals surface area (Å²) in [7, 11) is 0. The molecule has 19 heavy (non-hydrogen) atoms. The first-order chi connectivity index (χ1) is 9.38. The van der Waals surface area contributed by atoms with Gasteiger partial charge in [-0.15, -0.1) is 0 Å². The Morgan fingerprint density at radius 2 is 2.42 bits per heavy atom. The second kappa shape index (κ2) is 8.28. The summed E-state index contributed by atoms with van der Waals surface area (Å²) in [5.74, 6) is 0.842. The van der Waals surface area contributed by atoms with E-state index in [4.69, 9.17) is 0 Å². The number of pyridine rings is 1. The minimum atomic E-state index is 0.842. The lowest BCUT2D eigenvalue weighted by atomic mass is 9.97. The molecule has 1 aromatic rings. The molecule has 1 aromatic heterocycles. The van der Waals surface area contributed by atoms with Gasteiger partial charge in [-0.2, -0.15) is 0 Å². The van der Waals surface area contributed by atoms with Gasteiger partial charge >= 0.3 is 0 Å². The fourth-order valence-corrected chi connectivity index (χ4v) is 2.84. The van der Waals surface area contributed by atoms with E-state index in [0.29, 0.717) is 0 Å². The topological polar surface area (TPSA) is 28.2 Å². The highest BCUT2D eigenvalue weighted by Gasteiger charge is 2.18. The van der Waals surface area contributed by atoms with Crippen molar-refractivity contribution in [3.8, 4) is 0 Å². The lowest BCUT2D eigenvalue weighted by Crippen LogP contribution is -2.40. The maximum Gasteiger partial charge on any atom is 0.0300 e. The normalized spacial score (nSPS) is 20.6. The zero-order chi connectivity index (χ0) is 13.3. The lowest BCUT2D eigenvalue weighted by Gasteiger charge is -2.32. The molecule has 0 spiro atoms. The number of hydrogen-bond donors (Lipinski definition) is 1. The zero-order valence-electron chi connectivity index (χ0n) is 12.1. The number of rotatable bonds is 7. The summed E-state index contributed by atoms with van der Waals surface area (Å²) in [5.41, 5.74) is 1.36. The second-order valence-electron chi connectivity index (χ2n) is 5.62. The molecule has 0 aromatic carbocycles. The van der Waals surface area contributed by atoms with Crippen LogP contribution >= 0.6 is 0 Å². The van der Waals surface area contributed by atoms with E-state index in [0.717, 1.165) is 18.9 Å². The summed E-state index contributed by atoms with van der Waals surface area (Å²) in [5, 5.41) is 3.56. The zero-order valence-corrected chi connectivity index (χ0v) is 12.1. The van der Waals surface area contributed by atoms with Crippen LogP contribution in [0.15, 0.2) is 24.5 Å². The largest absolute Gasteiger partial charge is 0.316 e. The molecule has 1 atom stereocenters. The van der Waals surface area contributed by atoms with E-state index < -0.39 is 0 Å². The van der Waals surface area contributed by atoms with Gasteiger partial charge in [0.05, 0.1) is 0 Å². The van der Waals surface area contributed by atoms with E-state index in [1.165, 1.54) is 51.0 Å². The fraction of sp³-hybridized carbons (Fsp3) is 0.688. The van der Waals surface area contributed by atoms with Crippen LogP contribution in [0.2, 0.25) is 0 Å². The molecule has 1 saturated heterocycles. The third-order valence-corrected chi connectivity index (χ3v) is 3.90. The second-order valence-corrected chi connectivity index (χ2v) is 5.62. The third-order valence-electron chi connectivity index (χ3n) is 3.90. The van der Waals surface area contributed by atoms with Crippen LogP contribution in [0.1, 0.15) is 31.7 Å². The highest BCUT2D eigenvalue weighted by Crippen LogP contribution is 2.16. The van der Waals surface area contributed by atoms with Gasteiger partial charge in [0, 0.05) is 25.5 Å². The molecule has 3 heteroatoms. The summed E-state index contributed by atoms with van der Waals surface area (Å²) < 4.78 is 0. The molecule has 2 heterocycles. The van der Waals surface area contributed by atoms with Crippen LogP contribution in [0, 0.1) is 5.92 Å². The van der Waals surface area contributed by atoms with E-state index in [1.807, 2.05) is 18.5 Å². The Morgan fingerprint density at radius 3 is 3.21 bits per heavy atom. The summed E-state index contributed by atoms with van der Waals surface area (Å²) in [4.78, 5) is 6.80. The van der Waals surface area contributed by atoms with Crippen molar-refractivity contribution in [2.24, 2.45) is 5.92 Å². The molecule has 1 N–H and O–H groups in total. The smallest absolute Gasteiger partial charge is 0.0300 e. The van der Waals surface area contributed by atoms with Crippen LogP contribution in [0.25, 0.3) is 0 Å². The number of nitrogens with zero attached hydrogens (tertiary/aromatic N) is 2. The average Bonchev–Trinajstić information content (AvgIpc) is 2.47. The van der Waals surface area contributed by atoms with Crippen LogP contribution in [-0.2, 0) is 6.42 Å². The van der Waals surface area contributed by atoms with Crippen molar-refractivity contribution in [2.45, 2.75) is 32.6 Å². The molecule has 1 fully saturated rings. The Hall–Kier alpha value is -0.930. The summed E-state index contributed by atoms with van der Waals surface area (Å²) in [6.07, 6.45) is 8.94. The molecule has 0 aliphatic carbocycles. The number of likely N-dealkylation sites (tertiary alicyclic amines) is 1. The predicted molar refractivity (Wildman–Crippen MR) is 80.3 cm³/mol. The van der Waals surface area contributed by atoms with Crippen molar-refractivity contribution in [1.29, 1.82) is 0 Å². The first-order valence-electron chi connectivity index (χ1n) is 7.70. The van der Waals surface area contributed by atoms with Crippen LogP contribution in [0.4, 0.5) is 0 Å². The van der Waals surface area contributed by atoms with Crippen LogP contribution in [0.3, 0.4) is 0 Å². The quantitative estimate of drug-likeness (QED) is 0.764. The van der Waals surface area contributed by atoms with Gasteiger partial charge in [0.15, 0.2) is 0 Å². The highest BCUT2D eigenvalue weighted by atomic mass is 15.1. The molecule has 2 rings (SSSR count). The Labute approximate surface area is 117 Å². The standard InChI is InChI=1S/C16H27N3/c1-2-8-17-13-16-6-4-10-19(14-16)11-7-15-5-3-9-18-12-15/h3,5,9,12,16-17H,2,4,6-8,10-11,13-14H2,1H3. The number of nitrogens with one attached hydrogen (secondary N) is 1. The van der Waals surface area contributed by atoms with E-state index in [2.05, 4.69) is 28.2 Å². The average molecular weight is 261 g/mol. The molecule has 3 nitrogen and oxygen atoms in total. The maximum absolute atomic E-state index is 4.18. The van der Waals surface area contributed by atoms with Gasteiger partial charge in [0.1, 0.15) is 0 Å². The Bertz CT molecular complexity index is 339. The monoisotopic (exact) mass is 261 g/mol. The van der Waals surface area contributed by atoms with Crippen molar-refractivity contribution < 1.29 is 0 Å². The van der Waals surface area contributed by atoms with E-state index >= 15 is 0 Å². The van der Waals surface area contributed by atoms with Crippen LogP contribution < -0.4 is 5.32 Å². The molecule has 0 radical (unpaired) electrons. The highest BCUT2D eigenvalue weighted by molar-refractivity contribution is 5.08. The SMILES string of the molecule is CCCNCC1CCCN(CCc2cccnc2)C1. The van der Waals surface area contributed by atoms with Gasteiger partial charge in [-0.1, -0.05) is 13.0 Å². The van der Waals surface area contributed by atoms with Crippen molar-refractivity contribution >= 4 is 0 Å². The maximum atomic E-state index is 4.18. The molecule has 0 saturated carbocycles. The first kappa shape index (κ1) is 14.5. The Morgan fingerprint density at radius 1 is 1.47 bits per heavy atom. The number of aromatic nitrogens is 1. The van der Waals surface area contributed by atoms with Crippen LogP contribution in [0.5, 0.6) is 0 Å². The van der Waals surface area contributed by atoms with E-state index in [9.17, 15) is 0 Å². The van der Waals surface area contributed by atoms with Crippen molar-refractivity contribution in [3.63, 3.8) is 0 Å². The van der Waals surface area contributed by atoms with Crippen molar-refractivity contribution in [2.75, 3.05) is 32.7 Å². The third kappa shape index (κ3) is 5.29. The number of piperidine rings is 1. The molecular formula is C16H27N3. The molecule has 106 valence electrons. The molecular weight excluding hydrogens is 234 g/mol. The summed E-state index contributed by atoms with van der Waals surface area (Å²) >= 11 is 0. The summed E-state index contributed by atoms with van der Waals surface area (Å²) in [6.45, 7) is 8.29. The van der Waals surface area contributed by atoms with Gasteiger partial charge in [-0.25, -0.2) is 0 Å². The van der Waals surface area contributed by atoms with Gasteiger partial charge in [0.25, 0.3) is 0 Å². The van der Waals surface area contributed by atoms with Gasteiger partial charge in [-0.3, -0.25) is 4.98 Å². The minimum absolute atomic E-state index is 0.842. The minimum Gasteiger partial charge on any atom is -0.316 e. The van der Waals surface area contributed by atoms with Crippen LogP contribution in [-0.4, -0.2) is 42.6 Å². The van der Waals surface area contributed by atoms with Gasteiger partial charge in [0.2, 0.25) is 0 Å². The molecule has 0 bridgehead atoms. The summed E-state index contributed by atoms with van der Waals surface area (Å²) in [6, 6.07) is 4.21. The lowest BCUT2D eigenvalue weighted by molar-refractivity contribution is 0.174. The predicted octanol–water partition coefficient (Wildman–Crippen LogP) is 2.34. The molecule has 1 unspecified atom stereocenters.